The summed E-state index contributed by atoms with van der Waals surface area (Å²) in [5.41, 5.74) is 2.25. The smallest absolute Gasteiger partial charge is 0.251 e. The van der Waals surface area contributed by atoms with Crippen LogP contribution in [0, 0.1) is 6.92 Å². The van der Waals surface area contributed by atoms with E-state index in [4.69, 9.17) is 9.47 Å². The number of nitrogens with zero attached hydrogens (tertiary/aromatic N) is 5. The molecule has 3 aromatic rings. The van der Waals surface area contributed by atoms with Gasteiger partial charge in [-0.05, 0) is 60.2 Å². The van der Waals surface area contributed by atoms with Crippen LogP contribution >= 0.6 is 0 Å². The van der Waals surface area contributed by atoms with Crippen molar-refractivity contribution in [1.82, 2.24) is 30.5 Å². The van der Waals surface area contributed by atoms with Gasteiger partial charge in [-0.3, -0.25) is 9.78 Å². The molecule has 0 radical (unpaired) electrons. The molecule has 0 bridgehead atoms. The van der Waals surface area contributed by atoms with Gasteiger partial charge in [-0.2, -0.15) is 0 Å². The molecule has 9 heteroatoms. The van der Waals surface area contributed by atoms with Crippen LogP contribution in [0.1, 0.15) is 22.5 Å². The number of aromatic nitrogens is 5. The third-order valence-electron chi connectivity index (χ3n) is 4.54. The lowest BCUT2D eigenvalue weighted by molar-refractivity contribution is -0.0136. The summed E-state index contributed by atoms with van der Waals surface area (Å²) in [6.45, 7) is 2.91. The number of tetrazole rings is 1. The second-order valence-electron chi connectivity index (χ2n) is 6.54. The second kappa shape index (κ2) is 8.13. The van der Waals surface area contributed by atoms with E-state index in [0.717, 1.165) is 11.4 Å². The largest absolute Gasteiger partial charge is 0.484 e. The first kappa shape index (κ1) is 18.1. The molecule has 4 rings (SSSR count). The Morgan fingerprint density at radius 2 is 2.11 bits per heavy atom. The minimum Gasteiger partial charge on any atom is -0.484 e. The molecule has 1 aromatic carbocycles. The van der Waals surface area contributed by atoms with Crippen molar-refractivity contribution in [3.63, 3.8) is 0 Å². The third-order valence-corrected chi connectivity index (χ3v) is 4.54. The molecule has 1 aliphatic rings. The molecular weight excluding hydrogens is 360 g/mol. The topological polar surface area (TPSA) is 104 Å². The lowest BCUT2D eigenvalue weighted by atomic mass is 10.0. The molecule has 3 heterocycles. The predicted octanol–water partition coefficient (Wildman–Crippen LogP) is 1.33. The Bertz CT molecular complexity index is 912. The zero-order valence-corrected chi connectivity index (χ0v) is 15.4. The van der Waals surface area contributed by atoms with Gasteiger partial charge < -0.3 is 14.8 Å². The highest BCUT2D eigenvalue weighted by molar-refractivity contribution is 5.94. The highest BCUT2D eigenvalue weighted by atomic mass is 16.5. The fraction of sp³-hybridized carbons (Fsp3) is 0.316. The van der Waals surface area contributed by atoms with Crippen LogP contribution in [0.5, 0.6) is 5.75 Å². The van der Waals surface area contributed by atoms with Crippen molar-refractivity contribution < 1.29 is 14.3 Å². The van der Waals surface area contributed by atoms with E-state index in [1.54, 1.807) is 30.5 Å². The Hall–Kier alpha value is -3.33. The molecular formula is C19H20N6O3. The quantitative estimate of drug-likeness (QED) is 0.712. The Labute approximate surface area is 161 Å². The number of carbonyl (C=O) groups excluding carboxylic acids is 1. The maximum Gasteiger partial charge on any atom is 0.251 e. The molecule has 1 amide bonds. The first-order chi connectivity index (χ1) is 13.7. The molecule has 0 unspecified atom stereocenters. The SMILES string of the molecule is Cc1ccc(O[C@H]2COCC[C@H]2NC(=O)c2ccc(-n3cnnn3)cc2)cn1. The van der Waals surface area contributed by atoms with Gasteiger partial charge >= 0.3 is 0 Å². The molecule has 0 aliphatic carbocycles. The average molecular weight is 380 g/mol. The maximum absolute atomic E-state index is 12.7. The van der Waals surface area contributed by atoms with E-state index < -0.39 is 0 Å². The molecule has 0 spiro atoms. The number of nitrogens with one attached hydrogen (secondary N) is 1. The lowest BCUT2D eigenvalue weighted by Crippen LogP contribution is -2.51. The van der Waals surface area contributed by atoms with E-state index >= 15 is 0 Å². The number of amides is 1. The first-order valence-corrected chi connectivity index (χ1v) is 9.00. The predicted molar refractivity (Wildman–Crippen MR) is 99.2 cm³/mol. The van der Waals surface area contributed by atoms with Gasteiger partial charge in [0.05, 0.1) is 24.5 Å². The van der Waals surface area contributed by atoms with Crippen LogP contribution in [0.25, 0.3) is 5.69 Å². The monoisotopic (exact) mass is 380 g/mol. The van der Waals surface area contributed by atoms with Crippen LogP contribution < -0.4 is 10.1 Å². The number of rotatable bonds is 5. The number of carbonyl (C=O) groups is 1. The fourth-order valence-electron chi connectivity index (χ4n) is 2.99. The Morgan fingerprint density at radius 3 is 2.82 bits per heavy atom. The number of pyridine rings is 1. The van der Waals surface area contributed by atoms with Crippen LogP contribution in [-0.4, -0.2) is 56.5 Å². The van der Waals surface area contributed by atoms with E-state index in [0.29, 0.717) is 30.9 Å². The van der Waals surface area contributed by atoms with Crippen molar-refractivity contribution in [2.24, 2.45) is 0 Å². The first-order valence-electron chi connectivity index (χ1n) is 9.00. The number of hydrogen-bond donors (Lipinski definition) is 1. The molecule has 1 aliphatic heterocycles. The summed E-state index contributed by atoms with van der Waals surface area (Å²) >= 11 is 0. The standard InChI is InChI=1S/C19H20N6O3/c1-13-2-7-16(10-20-13)28-18-11-27-9-8-17(18)22-19(26)14-3-5-15(6-4-14)25-12-21-23-24-25/h2-7,10,12,17-18H,8-9,11H2,1H3,(H,22,26)/t17-,18+/m1/s1. The summed E-state index contributed by atoms with van der Waals surface area (Å²) in [7, 11) is 0. The van der Waals surface area contributed by atoms with Crippen LogP contribution in [-0.2, 0) is 4.74 Å². The van der Waals surface area contributed by atoms with E-state index in [9.17, 15) is 4.79 Å². The van der Waals surface area contributed by atoms with Crippen LogP contribution in [0.3, 0.4) is 0 Å². The van der Waals surface area contributed by atoms with Crippen LogP contribution in [0.4, 0.5) is 0 Å². The van der Waals surface area contributed by atoms with Gasteiger partial charge in [0.15, 0.2) is 0 Å². The summed E-state index contributed by atoms with van der Waals surface area (Å²) in [5.74, 6) is 0.497. The Balaban J connectivity index is 1.42. The number of aryl methyl sites for hydroxylation is 1. The van der Waals surface area contributed by atoms with Crippen molar-refractivity contribution in [3.8, 4) is 11.4 Å². The molecule has 0 saturated carbocycles. The van der Waals surface area contributed by atoms with Gasteiger partial charge in [-0.1, -0.05) is 0 Å². The zero-order valence-electron chi connectivity index (χ0n) is 15.4. The molecule has 1 saturated heterocycles. The van der Waals surface area contributed by atoms with Gasteiger partial charge in [0.25, 0.3) is 5.91 Å². The van der Waals surface area contributed by atoms with Crippen molar-refractivity contribution in [3.05, 3.63) is 60.2 Å². The fourth-order valence-corrected chi connectivity index (χ4v) is 2.99. The van der Waals surface area contributed by atoms with E-state index in [1.165, 1.54) is 11.0 Å². The average Bonchev–Trinajstić information content (AvgIpc) is 3.26. The van der Waals surface area contributed by atoms with E-state index in [2.05, 4.69) is 25.8 Å². The summed E-state index contributed by atoms with van der Waals surface area (Å²) in [6.07, 6.45) is 3.58. The highest BCUT2D eigenvalue weighted by Gasteiger charge is 2.29. The number of benzene rings is 1. The molecule has 144 valence electrons. The normalized spacial score (nSPS) is 19.2. The van der Waals surface area contributed by atoms with E-state index in [-0.39, 0.29) is 18.1 Å². The van der Waals surface area contributed by atoms with Crippen LogP contribution in [0.2, 0.25) is 0 Å². The van der Waals surface area contributed by atoms with Gasteiger partial charge in [0, 0.05) is 17.9 Å². The molecule has 1 N–H and O–H groups in total. The van der Waals surface area contributed by atoms with Crippen LogP contribution in [0.15, 0.2) is 48.9 Å². The summed E-state index contributed by atoms with van der Waals surface area (Å²) in [4.78, 5) is 16.9. The van der Waals surface area contributed by atoms with Crippen molar-refractivity contribution in [1.29, 1.82) is 0 Å². The molecule has 1 fully saturated rings. The highest BCUT2D eigenvalue weighted by Crippen LogP contribution is 2.18. The zero-order chi connectivity index (χ0) is 19.3. The lowest BCUT2D eigenvalue weighted by Gasteiger charge is -2.32. The molecule has 2 atom stereocenters. The molecule has 9 nitrogen and oxygen atoms in total. The van der Waals surface area contributed by atoms with Gasteiger partial charge in [-0.15, -0.1) is 5.10 Å². The summed E-state index contributed by atoms with van der Waals surface area (Å²) in [5, 5.41) is 14.1. The molecule has 28 heavy (non-hydrogen) atoms. The number of ether oxygens (including phenoxy) is 2. The van der Waals surface area contributed by atoms with Gasteiger partial charge in [0.2, 0.25) is 0 Å². The van der Waals surface area contributed by atoms with Gasteiger partial charge in [-0.25, -0.2) is 4.68 Å². The number of hydrogen-bond acceptors (Lipinski definition) is 7. The summed E-state index contributed by atoms with van der Waals surface area (Å²) < 4.78 is 13.1. The van der Waals surface area contributed by atoms with Gasteiger partial charge in [0.1, 0.15) is 18.2 Å². The summed E-state index contributed by atoms with van der Waals surface area (Å²) in [6, 6.07) is 10.7. The maximum atomic E-state index is 12.7. The minimum atomic E-state index is -0.275. The van der Waals surface area contributed by atoms with E-state index in [1.807, 2.05) is 19.1 Å². The Morgan fingerprint density at radius 1 is 1.25 bits per heavy atom. The molecule has 2 aromatic heterocycles. The van der Waals surface area contributed by atoms with Crippen molar-refractivity contribution in [2.75, 3.05) is 13.2 Å². The minimum absolute atomic E-state index is 0.151. The third kappa shape index (κ3) is 4.15. The van der Waals surface area contributed by atoms with Crippen molar-refractivity contribution in [2.45, 2.75) is 25.5 Å². The Kier molecular flexibility index (Phi) is 5.24. The second-order valence-corrected chi connectivity index (χ2v) is 6.54. The van der Waals surface area contributed by atoms with Crippen molar-refractivity contribution >= 4 is 5.91 Å².